The van der Waals surface area contributed by atoms with E-state index in [0.29, 0.717) is 17.5 Å². The second-order valence-electron chi connectivity index (χ2n) is 16.7. The first-order chi connectivity index (χ1) is 32.2. The minimum Gasteiger partial charge on any atom is -0.455 e. The van der Waals surface area contributed by atoms with Gasteiger partial charge >= 0.3 is 0 Å². The molecule has 0 saturated heterocycles. The van der Waals surface area contributed by atoms with Crippen LogP contribution in [0.1, 0.15) is 0 Å². The van der Waals surface area contributed by atoms with Gasteiger partial charge in [-0.1, -0.05) is 158 Å². The molecule has 0 amide bonds. The molecule has 0 aliphatic carbocycles. The number of aromatic nitrogens is 4. The molecule has 14 aromatic rings. The topological polar surface area (TPSA) is 69.9 Å². The van der Waals surface area contributed by atoms with Crippen molar-refractivity contribution in [2.45, 2.75) is 0 Å². The second-order valence-corrected chi connectivity index (χ2v) is 16.7. The lowest BCUT2D eigenvalue weighted by Crippen LogP contribution is -2.00. The van der Waals surface area contributed by atoms with Gasteiger partial charge in [-0.25, -0.2) is 15.0 Å². The summed E-state index contributed by atoms with van der Waals surface area (Å²) in [4.78, 5) is 15.2. The van der Waals surface area contributed by atoms with Crippen LogP contribution in [-0.4, -0.2) is 19.5 Å². The van der Waals surface area contributed by atoms with Crippen LogP contribution in [0, 0.1) is 0 Å². The highest BCUT2D eigenvalue weighted by molar-refractivity contribution is 6.20. The van der Waals surface area contributed by atoms with E-state index >= 15 is 0 Å². The van der Waals surface area contributed by atoms with Crippen molar-refractivity contribution >= 4 is 87.2 Å². The average molecular weight is 831 g/mol. The molecule has 302 valence electrons. The Hall–Kier alpha value is -8.87. The van der Waals surface area contributed by atoms with Gasteiger partial charge in [-0.2, -0.15) is 0 Å². The Balaban J connectivity index is 0.949. The number of fused-ring (bicyclic) bond motifs is 11. The zero-order valence-corrected chi connectivity index (χ0v) is 34.7. The van der Waals surface area contributed by atoms with Crippen LogP contribution in [0.2, 0.25) is 0 Å². The highest BCUT2D eigenvalue weighted by atomic mass is 16.3. The van der Waals surface area contributed by atoms with Gasteiger partial charge < -0.3 is 13.4 Å². The van der Waals surface area contributed by atoms with Crippen molar-refractivity contribution in [2.75, 3.05) is 0 Å². The Labute approximate surface area is 371 Å². The van der Waals surface area contributed by atoms with E-state index in [2.05, 4.69) is 144 Å². The van der Waals surface area contributed by atoms with Crippen LogP contribution in [0.25, 0.3) is 138 Å². The first-order valence-electron chi connectivity index (χ1n) is 21.8. The average Bonchev–Trinajstić information content (AvgIpc) is 4.05. The summed E-state index contributed by atoms with van der Waals surface area (Å²) < 4.78 is 15.8. The van der Waals surface area contributed by atoms with Gasteiger partial charge in [-0.05, 0) is 81.2 Å². The van der Waals surface area contributed by atoms with Crippen molar-refractivity contribution in [2.24, 2.45) is 0 Å². The Morgan fingerprint density at radius 3 is 1.51 bits per heavy atom. The lowest BCUT2D eigenvalue weighted by atomic mass is 9.97. The fourth-order valence-corrected chi connectivity index (χ4v) is 9.94. The first kappa shape index (κ1) is 35.7. The van der Waals surface area contributed by atoms with Crippen LogP contribution >= 0.6 is 0 Å². The molecule has 0 saturated carbocycles. The number of rotatable bonds is 5. The third kappa shape index (κ3) is 5.51. The third-order valence-corrected chi connectivity index (χ3v) is 13.0. The van der Waals surface area contributed by atoms with Gasteiger partial charge in [0.1, 0.15) is 16.7 Å². The van der Waals surface area contributed by atoms with E-state index in [1.54, 1.807) is 0 Å². The van der Waals surface area contributed by atoms with Gasteiger partial charge in [0.25, 0.3) is 0 Å². The molecule has 0 radical (unpaired) electrons. The molecule has 0 atom stereocenters. The number of furan rings is 2. The summed E-state index contributed by atoms with van der Waals surface area (Å²) in [5, 5.41) is 11.4. The second kappa shape index (κ2) is 13.8. The van der Waals surface area contributed by atoms with Crippen molar-refractivity contribution in [3.05, 3.63) is 206 Å². The Morgan fingerprint density at radius 1 is 0.323 bits per heavy atom. The van der Waals surface area contributed by atoms with Crippen molar-refractivity contribution < 1.29 is 8.83 Å². The maximum atomic E-state index is 6.94. The fourth-order valence-electron chi connectivity index (χ4n) is 9.94. The van der Waals surface area contributed by atoms with Gasteiger partial charge in [0.2, 0.25) is 0 Å². The van der Waals surface area contributed by atoms with Crippen LogP contribution in [0.4, 0.5) is 0 Å². The molecule has 0 unspecified atom stereocenters. The molecule has 6 nitrogen and oxygen atoms in total. The summed E-state index contributed by atoms with van der Waals surface area (Å²) in [5.74, 6) is 1.72. The molecular formula is C59H34N4O2. The predicted molar refractivity (Wildman–Crippen MR) is 265 cm³/mol. The summed E-state index contributed by atoms with van der Waals surface area (Å²) in [6.07, 6.45) is 0. The molecular weight excluding hydrogens is 797 g/mol. The van der Waals surface area contributed by atoms with Crippen molar-refractivity contribution in [1.29, 1.82) is 0 Å². The fraction of sp³-hybridized carbons (Fsp3) is 0. The molecule has 65 heavy (non-hydrogen) atoms. The maximum absolute atomic E-state index is 6.94. The molecule has 0 aliphatic rings. The number of nitrogens with zero attached hydrogens (tertiary/aromatic N) is 4. The van der Waals surface area contributed by atoms with E-state index in [9.17, 15) is 0 Å². The highest BCUT2D eigenvalue weighted by Crippen LogP contribution is 2.44. The minimum atomic E-state index is 0.552. The summed E-state index contributed by atoms with van der Waals surface area (Å²) in [5.41, 5.74) is 11.3. The summed E-state index contributed by atoms with van der Waals surface area (Å²) >= 11 is 0. The largest absolute Gasteiger partial charge is 0.455 e. The van der Waals surface area contributed by atoms with Crippen LogP contribution in [0.15, 0.2) is 215 Å². The summed E-state index contributed by atoms with van der Waals surface area (Å²) in [6.45, 7) is 0. The monoisotopic (exact) mass is 830 g/mol. The minimum absolute atomic E-state index is 0.552. The van der Waals surface area contributed by atoms with E-state index < -0.39 is 0 Å². The van der Waals surface area contributed by atoms with E-state index in [-0.39, 0.29) is 0 Å². The molecule has 10 aromatic carbocycles. The molecule has 14 rings (SSSR count). The molecule has 0 aliphatic heterocycles. The zero-order chi connectivity index (χ0) is 42.6. The van der Waals surface area contributed by atoms with E-state index in [0.717, 1.165) is 88.4 Å². The maximum Gasteiger partial charge on any atom is 0.167 e. The Morgan fingerprint density at radius 2 is 0.831 bits per heavy atom. The van der Waals surface area contributed by atoms with E-state index in [4.69, 9.17) is 23.8 Å². The SMILES string of the molecule is c1ccc(-c2nc(-c3ccc(-c4ccc(-n5c6cc7ccccc7cc6c6cc7ccccc7cc65)c5oc6ccccc6c45)cc3)nc(-c3cccc4c3oc3ccccc34)n2)cc1. The quantitative estimate of drug-likeness (QED) is 0.173. The standard InChI is InChI=1S/C59H34N4O2/c1-2-13-36(14-3-1)57-60-58(62-59(61-57)46-22-12-21-44-43-19-8-10-23-52(43)64-55(44)46)37-27-25-35(26-28-37)42-29-30-49(56-54(42)45-20-9-11-24-53(45)65-56)63-50-33-40-17-6-4-15-38(40)31-47(50)48-32-39-16-5-7-18-41(39)34-51(48)63/h1-34H. The summed E-state index contributed by atoms with van der Waals surface area (Å²) in [7, 11) is 0. The summed E-state index contributed by atoms with van der Waals surface area (Å²) in [6, 6.07) is 72.2. The first-order valence-corrected chi connectivity index (χ1v) is 21.8. The van der Waals surface area contributed by atoms with Crippen LogP contribution in [-0.2, 0) is 0 Å². The Kier molecular flexibility index (Phi) is 7.59. The number of benzene rings is 10. The zero-order valence-electron chi connectivity index (χ0n) is 34.7. The van der Waals surface area contributed by atoms with Crippen LogP contribution < -0.4 is 0 Å². The lowest BCUT2D eigenvalue weighted by Gasteiger charge is -2.13. The van der Waals surface area contributed by atoms with Gasteiger partial charge in [0, 0.05) is 43.4 Å². The molecule has 4 heterocycles. The van der Waals surface area contributed by atoms with Gasteiger partial charge in [0.15, 0.2) is 23.1 Å². The van der Waals surface area contributed by atoms with Crippen molar-refractivity contribution in [3.63, 3.8) is 0 Å². The number of hydrogen-bond acceptors (Lipinski definition) is 5. The Bertz CT molecular complexity index is 4140. The van der Waals surface area contributed by atoms with Gasteiger partial charge in [0.05, 0.1) is 22.3 Å². The molecule has 6 heteroatoms. The molecule has 0 N–H and O–H groups in total. The lowest BCUT2D eigenvalue weighted by molar-refractivity contribution is 0.666. The van der Waals surface area contributed by atoms with Crippen LogP contribution in [0.3, 0.4) is 0 Å². The molecule has 0 fully saturated rings. The number of hydrogen-bond donors (Lipinski definition) is 0. The predicted octanol–water partition coefficient (Wildman–Crippen LogP) is 15.7. The van der Waals surface area contributed by atoms with Gasteiger partial charge in [-0.15, -0.1) is 0 Å². The molecule has 0 bridgehead atoms. The molecule has 4 aromatic heterocycles. The van der Waals surface area contributed by atoms with Crippen molar-refractivity contribution in [3.8, 4) is 51.0 Å². The van der Waals surface area contributed by atoms with Gasteiger partial charge in [-0.3, -0.25) is 0 Å². The van der Waals surface area contributed by atoms with Crippen molar-refractivity contribution in [1.82, 2.24) is 19.5 Å². The third-order valence-electron chi connectivity index (χ3n) is 13.0. The molecule has 0 spiro atoms. The smallest absolute Gasteiger partial charge is 0.167 e. The highest BCUT2D eigenvalue weighted by Gasteiger charge is 2.23. The number of para-hydroxylation sites is 3. The van der Waals surface area contributed by atoms with E-state index in [1.807, 2.05) is 66.7 Å². The van der Waals surface area contributed by atoms with E-state index in [1.165, 1.54) is 32.3 Å². The van der Waals surface area contributed by atoms with Crippen LogP contribution in [0.5, 0.6) is 0 Å². The normalized spacial score (nSPS) is 12.0.